The number of fused-ring (bicyclic) bond motifs is 3. The van der Waals surface area contributed by atoms with Crippen LogP contribution in [0.5, 0.6) is 11.5 Å². The Morgan fingerprint density at radius 2 is 1.82 bits per heavy atom. The predicted octanol–water partition coefficient (Wildman–Crippen LogP) is 3.44. The van der Waals surface area contributed by atoms with Crippen molar-refractivity contribution in [1.29, 1.82) is 0 Å². The number of phenols is 1. The summed E-state index contributed by atoms with van der Waals surface area (Å²) in [7, 11) is 1.40. The van der Waals surface area contributed by atoms with Crippen molar-refractivity contribution in [3.63, 3.8) is 0 Å². The van der Waals surface area contributed by atoms with Gasteiger partial charge in [-0.3, -0.25) is 4.79 Å². The van der Waals surface area contributed by atoms with Crippen molar-refractivity contribution in [3.8, 4) is 11.5 Å². The highest BCUT2D eigenvalue weighted by molar-refractivity contribution is 5.94. The van der Waals surface area contributed by atoms with Crippen molar-refractivity contribution in [3.05, 3.63) is 76.4 Å². The molecule has 1 saturated heterocycles. The van der Waals surface area contributed by atoms with Gasteiger partial charge in [0.1, 0.15) is 12.2 Å². The molecule has 2 aromatic carbocycles. The Morgan fingerprint density at radius 1 is 1.02 bits per heavy atom. The van der Waals surface area contributed by atoms with Gasteiger partial charge in [0, 0.05) is 38.4 Å². The molecule has 14 heteroatoms. The summed E-state index contributed by atoms with van der Waals surface area (Å²) in [6.07, 6.45) is 3.60. The third kappa shape index (κ3) is 11.2. The molecule has 12 atom stereocenters. The molecule has 2 bridgehead atoms. The molecule has 0 spiro atoms. The Morgan fingerprint density at radius 3 is 2.54 bits per heavy atom. The van der Waals surface area contributed by atoms with Crippen molar-refractivity contribution in [2.45, 2.75) is 126 Å². The van der Waals surface area contributed by atoms with E-state index in [0.29, 0.717) is 37.2 Å². The highest BCUT2D eigenvalue weighted by Gasteiger charge is 2.60. The minimum atomic E-state index is -2.34. The first kappa shape index (κ1) is 46.6. The van der Waals surface area contributed by atoms with Gasteiger partial charge in [0.25, 0.3) is 0 Å². The van der Waals surface area contributed by atoms with Crippen LogP contribution in [0.15, 0.2) is 54.1 Å². The fraction of sp³-hybridized carbons (Fsp3) is 0.617. The lowest BCUT2D eigenvalue weighted by atomic mass is 9.71. The smallest absolute Gasteiger partial charge is 0.334 e. The molecule has 2 aliphatic heterocycles. The summed E-state index contributed by atoms with van der Waals surface area (Å²) in [6.45, 7) is 3.77. The first-order chi connectivity index (χ1) is 29.3. The van der Waals surface area contributed by atoms with Crippen LogP contribution < -0.4 is 10.1 Å². The average Bonchev–Trinajstić information content (AvgIpc) is 3.24. The fourth-order valence-corrected chi connectivity index (χ4v) is 9.88. The maximum Gasteiger partial charge on any atom is 0.334 e. The van der Waals surface area contributed by atoms with Gasteiger partial charge in [0.2, 0.25) is 5.79 Å². The number of nitrogens with one attached hydrogen (secondary N) is 1. The number of aliphatic hydroxyl groups is 6. The molecule has 8 N–H and O–H groups in total. The lowest BCUT2D eigenvalue weighted by molar-refractivity contribution is -0.333. The molecule has 2 fully saturated rings. The zero-order chi connectivity index (χ0) is 43.8. The van der Waals surface area contributed by atoms with Crippen LogP contribution >= 0.6 is 0 Å². The number of methoxy groups -OCH3 is 1. The van der Waals surface area contributed by atoms with Gasteiger partial charge in [-0.2, -0.15) is 0 Å². The molecule has 0 aromatic heterocycles. The second-order valence-electron chi connectivity index (χ2n) is 17.6. The van der Waals surface area contributed by atoms with Crippen LogP contribution in [0.4, 0.5) is 0 Å². The van der Waals surface area contributed by atoms with Gasteiger partial charge in [-0.15, -0.1) is 0 Å². The maximum absolute atomic E-state index is 14.8. The molecule has 61 heavy (non-hydrogen) atoms. The number of hydrogen-bond acceptors (Lipinski definition) is 14. The fourth-order valence-electron chi connectivity index (χ4n) is 9.88. The molecule has 4 aliphatic rings. The first-order valence-corrected chi connectivity index (χ1v) is 21.9. The topological polar surface area (TPSA) is 225 Å². The predicted molar refractivity (Wildman–Crippen MR) is 225 cm³/mol. The third-order valence-corrected chi connectivity index (χ3v) is 13.2. The molecule has 1 saturated carbocycles. The molecule has 14 nitrogen and oxygen atoms in total. The second-order valence-corrected chi connectivity index (χ2v) is 17.6. The Hall–Kier alpha value is -3.86. The number of carbonyl (C=O) groups excluding carboxylic acids is 2. The van der Waals surface area contributed by atoms with Crippen LogP contribution in [0.2, 0.25) is 0 Å². The van der Waals surface area contributed by atoms with Gasteiger partial charge in [0.15, 0.2) is 23.7 Å². The highest BCUT2D eigenvalue weighted by atomic mass is 16.7. The molecule has 0 amide bonds. The summed E-state index contributed by atoms with van der Waals surface area (Å²) in [5.41, 5.74) is 3.50. The van der Waals surface area contributed by atoms with Crippen molar-refractivity contribution in [1.82, 2.24) is 5.32 Å². The van der Waals surface area contributed by atoms with E-state index >= 15 is 0 Å². The number of carbonyl (C=O) groups is 2. The highest BCUT2D eigenvalue weighted by Crippen LogP contribution is 2.44. The summed E-state index contributed by atoms with van der Waals surface area (Å²) >= 11 is 0. The van der Waals surface area contributed by atoms with Gasteiger partial charge in [-0.25, -0.2) is 4.79 Å². The number of hydrogen-bond donors (Lipinski definition) is 8. The van der Waals surface area contributed by atoms with Crippen LogP contribution in [0.25, 0.3) is 6.08 Å². The van der Waals surface area contributed by atoms with Crippen molar-refractivity contribution < 1.29 is 64.3 Å². The lowest BCUT2D eigenvalue weighted by Gasteiger charge is -2.51. The Kier molecular flexibility index (Phi) is 16.1. The van der Waals surface area contributed by atoms with Crippen LogP contribution in [-0.4, -0.2) is 124 Å². The molecule has 336 valence electrons. The van der Waals surface area contributed by atoms with E-state index in [1.807, 2.05) is 18.2 Å². The summed E-state index contributed by atoms with van der Waals surface area (Å²) in [4.78, 5) is 28.6. The second kappa shape index (κ2) is 21.0. The van der Waals surface area contributed by atoms with E-state index in [1.54, 1.807) is 31.2 Å². The van der Waals surface area contributed by atoms with Gasteiger partial charge < -0.3 is 60.0 Å². The molecule has 2 aliphatic carbocycles. The van der Waals surface area contributed by atoms with Gasteiger partial charge in [0.05, 0.1) is 19.3 Å². The minimum Gasteiger partial charge on any atom is -0.504 e. The average molecular weight is 852 g/mol. The van der Waals surface area contributed by atoms with Gasteiger partial charge in [-0.1, -0.05) is 43.7 Å². The van der Waals surface area contributed by atoms with E-state index in [4.69, 9.17) is 18.9 Å². The van der Waals surface area contributed by atoms with Gasteiger partial charge >= 0.3 is 11.9 Å². The number of benzene rings is 2. The van der Waals surface area contributed by atoms with E-state index in [0.717, 1.165) is 42.4 Å². The summed E-state index contributed by atoms with van der Waals surface area (Å²) in [6, 6.07) is 9.86. The number of aryl methyl sites for hydroxylation is 1. The number of aromatic hydroxyl groups is 1. The molecule has 6 rings (SSSR count). The van der Waals surface area contributed by atoms with Crippen molar-refractivity contribution in [2.24, 2.45) is 23.7 Å². The molecule has 0 unspecified atom stereocenters. The van der Waals surface area contributed by atoms with E-state index in [2.05, 4.69) is 12.2 Å². The molecular formula is C47H65NO13. The van der Waals surface area contributed by atoms with Crippen LogP contribution in [0.3, 0.4) is 0 Å². The Bertz CT molecular complexity index is 1870. The van der Waals surface area contributed by atoms with Gasteiger partial charge in [-0.05, 0) is 134 Å². The number of phenolic OH excluding ortho intramolecular Hbond substituents is 1. The molecule has 0 radical (unpaired) electrons. The third-order valence-electron chi connectivity index (χ3n) is 13.2. The largest absolute Gasteiger partial charge is 0.504 e. The standard InChI is InChI=1S/C47H65NO13/c1-27-4-7-31(16-19-50)33(20-27)11-13-41(54)59-44-42(55)43-38(48-25-28(2)52)14-17-47(57,61-43)45(44)60-46(56)35(21-30-6-12-39(53)40(23-30)58-3)24-37-34(26-51)10-9-32-8-5-29(15-18-49)22-36(32)37/h5-6,8,12,14,17,21-23,27-28,31,33-34,37-38,42-45,48-53,55,57H,4,7,9-11,13,15-16,18-20,24-26H2,1-3H3/b35-21+/t27-,28-,31-,33-,34-,37-,38+,42-,43-,44+,45+,47+/m0/s1. The van der Waals surface area contributed by atoms with Crippen molar-refractivity contribution in [2.75, 3.05) is 33.5 Å². The first-order valence-electron chi connectivity index (χ1n) is 21.9. The van der Waals surface area contributed by atoms with E-state index in [1.165, 1.54) is 19.3 Å². The minimum absolute atomic E-state index is 0.00242. The summed E-state index contributed by atoms with van der Waals surface area (Å²) in [5, 5.41) is 77.6. The van der Waals surface area contributed by atoms with Crippen LogP contribution in [0, 0.1) is 23.7 Å². The maximum atomic E-state index is 14.8. The summed E-state index contributed by atoms with van der Waals surface area (Å²) < 4.78 is 23.6. The quantitative estimate of drug-likeness (QED) is 0.0612. The zero-order valence-corrected chi connectivity index (χ0v) is 35.5. The number of ether oxygens (including phenoxy) is 4. The molecule has 2 heterocycles. The monoisotopic (exact) mass is 851 g/mol. The normalized spacial score (nSPS) is 31.5. The Balaban J connectivity index is 1.34. The molecule has 2 aromatic rings. The van der Waals surface area contributed by atoms with Crippen LogP contribution in [0.1, 0.15) is 93.4 Å². The lowest BCUT2D eigenvalue weighted by Crippen LogP contribution is -2.71. The number of esters is 2. The van der Waals surface area contributed by atoms with Crippen LogP contribution in [-0.2, 0) is 36.6 Å². The van der Waals surface area contributed by atoms with E-state index in [-0.39, 0.29) is 80.0 Å². The molecular weight excluding hydrogens is 787 g/mol. The van der Waals surface area contributed by atoms with E-state index < -0.39 is 54.3 Å². The van der Waals surface area contributed by atoms with Crippen molar-refractivity contribution >= 4 is 18.0 Å². The number of rotatable bonds is 18. The number of aliphatic hydroxyl groups excluding tert-OH is 5. The zero-order valence-electron chi connectivity index (χ0n) is 35.5. The SMILES string of the molecule is COc1cc(/C=C(\C[C@@H]2c3cc(CCO)ccc3CC[C@H]2CO)C(=O)O[C@@H]2[C@H](OC(=O)CC[C@H]3C[C@@H](C)CC[C@H]3CCO)[C@@H](O)[C@H]3O[C@]2(O)C=C[C@H]3NC[C@H](C)O)ccc1O. The Labute approximate surface area is 358 Å². The summed E-state index contributed by atoms with van der Waals surface area (Å²) in [5.74, 6) is -3.50. The van der Waals surface area contributed by atoms with E-state index in [9.17, 15) is 45.3 Å².